The lowest BCUT2D eigenvalue weighted by atomic mass is 10.2. The first kappa shape index (κ1) is 13.7. The molecular weight excluding hydrogens is 232 g/mol. The van der Waals surface area contributed by atoms with Crippen LogP contribution >= 0.6 is 0 Å². The van der Waals surface area contributed by atoms with E-state index in [0.29, 0.717) is 18.7 Å². The molecule has 96 valence electrons. The Labute approximate surface area is 106 Å². The van der Waals surface area contributed by atoms with Crippen LogP contribution in [0.1, 0.15) is 19.3 Å². The van der Waals surface area contributed by atoms with Gasteiger partial charge in [0.2, 0.25) is 0 Å². The first-order valence-electron chi connectivity index (χ1n) is 5.62. The summed E-state index contributed by atoms with van der Waals surface area (Å²) >= 11 is 0. The fourth-order valence-electron chi connectivity index (χ4n) is 1.32. The van der Waals surface area contributed by atoms with E-state index in [1.165, 1.54) is 18.2 Å². The number of anilines is 1. The number of phenols is 1. The number of rotatable bonds is 5. The maximum atomic E-state index is 11.4. The number of amides is 2. The third kappa shape index (κ3) is 4.66. The van der Waals surface area contributed by atoms with Crippen LogP contribution in [0, 0.1) is 12.3 Å². The van der Waals surface area contributed by atoms with Crippen molar-refractivity contribution in [1.82, 2.24) is 5.32 Å². The van der Waals surface area contributed by atoms with Crippen LogP contribution < -0.4 is 15.7 Å². The van der Waals surface area contributed by atoms with Crippen molar-refractivity contribution in [3.8, 4) is 23.8 Å². The van der Waals surface area contributed by atoms with Gasteiger partial charge in [0.05, 0.1) is 0 Å². The molecule has 0 aliphatic heterocycles. The predicted octanol–water partition coefficient (Wildman–Crippen LogP) is 1.39. The SMILES string of the molecule is C#CCCCCNC(=O)Nc1ccc([O-])c(O)c1. The summed E-state index contributed by atoms with van der Waals surface area (Å²) in [6, 6.07) is 3.45. The minimum absolute atomic E-state index is 0.369. The van der Waals surface area contributed by atoms with E-state index < -0.39 is 5.75 Å². The summed E-state index contributed by atoms with van der Waals surface area (Å²) in [4.78, 5) is 11.4. The molecule has 0 saturated carbocycles. The Morgan fingerprint density at radius 2 is 2.22 bits per heavy atom. The molecule has 1 aromatic rings. The van der Waals surface area contributed by atoms with Crippen LogP contribution in [0.25, 0.3) is 0 Å². The average molecular weight is 247 g/mol. The summed E-state index contributed by atoms with van der Waals surface area (Å²) < 4.78 is 0. The highest BCUT2D eigenvalue weighted by Gasteiger charge is 2.01. The normalized spacial score (nSPS) is 9.50. The third-order valence-corrected chi connectivity index (χ3v) is 2.25. The van der Waals surface area contributed by atoms with Gasteiger partial charge < -0.3 is 20.8 Å². The standard InChI is InChI=1S/C13H16N2O3/c1-2-3-4-5-8-14-13(18)15-10-6-7-11(16)12(17)9-10/h1,6-7,9,16-17H,3-5,8H2,(H2,14,15,18)/p-1. The zero-order valence-electron chi connectivity index (χ0n) is 9.90. The van der Waals surface area contributed by atoms with E-state index in [4.69, 9.17) is 6.42 Å². The maximum absolute atomic E-state index is 11.4. The van der Waals surface area contributed by atoms with Crippen molar-refractivity contribution >= 4 is 11.7 Å². The van der Waals surface area contributed by atoms with E-state index >= 15 is 0 Å². The smallest absolute Gasteiger partial charge is 0.319 e. The monoisotopic (exact) mass is 247 g/mol. The number of carbonyl (C=O) groups excluding carboxylic acids is 1. The molecule has 1 rings (SSSR count). The van der Waals surface area contributed by atoms with E-state index in [2.05, 4.69) is 16.6 Å². The number of terminal acetylenes is 1. The number of aromatic hydroxyl groups is 1. The molecule has 0 aromatic heterocycles. The van der Waals surface area contributed by atoms with Gasteiger partial charge >= 0.3 is 6.03 Å². The van der Waals surface area contributed by atoms with E-state index in [0.717, 1.165) is 12.8 Å². The fourth-order valence-corrected chi connectivity index (χ4v) is 1.32. The topological polar surface area (TPSA) is 84.4 Å². The van der Waals surface area contributed by atoms with Gasteiger partial charge in [-0.05, 0) is 18.9 Å². The van der Waals surface area contributed by atoms with Crippen LogP contribution in [0.3, 0.4) is 0 Å². The number of nitrogens with one attached hydrogen (secondary N) is 2. The van der Waals surface area contributed by atoms with Crippen molar-refractivity contribution in [2.45, 2.75) is 19.3 Å². The summed E-state index contributed by atoms with van der Waals surface area (Å²) in [6.45, 7) is 0.527. The van der Waals surface area contributed by atoms with Gasteiger partial charge in [0.15, 0.2) is 0 Å². The lowest BCUT2D eigenvalue weighted by Crippen LogP contribution is -2.29. The Bertz CT molecular complexity index is 452. The molecule has 1 aromatic carbocycles. The fraction of sp³-hybridized carbons (Fsp3) is 0.308. The second-order valence-corrected chi connectivity index (χ2v) is 3.72. The molecule has 0 bridgehead atoms. The predicted molar refractivity (Wildman–Crippen MR) is 67.3 cm³/mol. The number of unbranched alkanes of at least 4 members (excludes halogenated alkanes) is 2. The van der Waals surface area contributed by atoms with Crippen LogP contribution in [-0.2, 0) is 0 Å². The van der Waals surface area contributed by atoms with Crippen LogP contribution in [0.5, 0.6) is 11.5 Å². The number of benzene rings is 1. The summed E-state index contributed by atoms with van der Waals surface area (Å²) in [5.41, 5.74) is 0.369. The zero-order chi connectivity index (χ0) is 13.4. The zero-order valence-corrected chi connectivity index (χ0v) is 9.90. The second-order valence-electron chi connectivity index (χ2n) is 3.72. The van der Waals surface area contributed by atoms with Crippen molar-refractivity contribution in [2.75, 3.05) is 11.9 Å². The van der Waals surface area contributed by atoms with Crippen LogP contribution in [-0.4, -0.2) is 17.7 Å². The van der Waals surface area contributed by atoms with Gasteiger partial charge in [-0.25, -0.2) is 4.79 Å². The van der Waals surface area contributed by atoms with Gasteiger partial charge in [-0.3, -0.25) is 0 Å². The molecule has 5 heteroatoms. The molecular formula is C13H15N2O3-. The molecule has 0 saturated heterocycles. The van der Waals surface area contributed by atoms with E-state index in [1.807, 2.05) is 0 Å². The van der Waals surface area contributed by atoms with Gasteiger partial charge in [0.1, 0.15) is 5.75 Å². The van der Waals surface area contributed by atoms with Crippen molar-refractivity contribution in [2.24, 2.45) is 0 Å². The highest BCUT2D eigenvalue weighted by molar-refractivity contribution is 5.89. The number of urea groups is 1. The molecule has 0 aliphatic rings. The minimum atomic E-state index is -0.477. The molecule has 2 amide bonds. The van der Waals surface area contributed by atoms with Crippen LogP contribution in [0.15, 0.2) is 18.2 Å². The number of hydrogen-bond donors (Lipinski definition) is 3. The molecule has 5 nitrogen and oxygen atoms in total. The van der Waals surface area contributed by atoms with E-state index in [9.17, 15) is 15.0 Å². The first-order chi connectivity index (χ1) is 8.63. The Hall–Kier alpha value is -2.35. The molecule has 3 N–H and O–H groups in total. The molecule has 0 unspecified atom stereocenters. The quantitative estimate of drug-likeness (QED) is 0.543. The number of hydrogen-bond acceptors (Lipinski definition) is 3. The molecule has 0 radical (unpaired) electrons. The summed E-state index contributed by atoms with van der Waals surface area (Å²) in [7, 11) is 0. The summed E-state index contributed by atoms with van der Waals surface area (Å²) in [5.74, 6) is 1.66. The van der Waals surface area contributed by atoms with Gasteiger partial charge in [-0.1, -0.05) is 11.8 Å². The summed E-state index contributed by atoms with van der Waals surface area (Å²) in [6.07, 6.45) is 7.47. The second kappa shape index (κ2) is 7.07. The lowest BCUT2D eigenvalue weighted by Gasteiger charge is -2.11. The summed E-state index contributed by atoms with van der Waals surface area (Å²) in [5, 5.41) is 25.3. The molecule has 0 heterocycles. The number of carbonyl (C=O) groups is 1. The van der Waals surface area contributed by atoms with Crippen molar-refractivity contribution < 1.29 is 15.0 Å². The van der Waals surface area contributed by atoms with Gasteiger partial charge in [0.25, 0.3) is 0 Å². The van der Waals surface area contributed by atoms with Crippen molar-refractivity contribution in [3.05, 3.63) is 18.2 Å². The molecule has 0 atom stereocenters. The van der Waals surface area contributed by atoms with Gasteiger partial charge in [-0.15, -0.1) is 12.3 Å². The third-order valence-electron chi connectivity index (χ3n) is 2.25. The molecule has 18 heavy (non-hydrogen) atoms. The average Bonchev–Trinajstić information content (AvgIpc) is 2.34. The van der Waals surface area contributed by atoms with Crippen LogP contribution in [0.2, 0.25) is 0 Å². The Morgan fingerprint density at radius 1 is 1.44 bits per heavy atom. The Balaban J connectivity index is 2.31. The van der Waals surface area contributed by atoms with E-state index in [-0.39, 0.29) is 11.8 Å². The first-order valence-corrected chi connectivity index (χ1v) is 5.62. The van der Waals surface area contributed by atoms with Crippen molar-refractivity contribution in [3.63, 3.8) is 0 Å². The molecule has 0 fully saturated rings. The highest BCUT2D eigenvalue weighted by atomic mass is 16.3. The van der Waals surface area contributed by atoms with Crippen LogP contribution in [0.4, 0.5) is 10.5 Å². The minimum Gasteiger partial charge on any atom is -0.870 e. The number of phenolic OH excluding ortho intramolecular Hbond substituents is 1. The van der Waals surface area contributed by atoms with E-state index in [1.54, 1.807) is 0 Å². The molecule has 0 spiro atoms. The lowest BCUT2D eigenvalue weighted by molar-refractivity contribution is -0.270. The van der Waals surface area contributed by atoms with Crippen molar-refractivity contribution in [1.29, 1.82) is 0 Å². The van der Waals surface area contributed by atoms with Gasteiger partial charge in [-0.2, -0.15) is 0 Å². The highest BCUT2D eigenvalue weighted by Crippen LogP contribution is 2.24. The molecule has 0 aliphatic carbocycles. The largest absolute Gasteiger partial charge is 0.870 e. The maximum Gasteiger partial charge on any atom is 0.319 e. The Morgan fingerprint density at radius 3 is 2.89 bits per heavy atom. The van der Waals surface area contributed by atoms with Gasteiger partial charge in [0, 0.05) is 24.7 Å². The Kier molecular flexibility index (Phi) is 5.39.